The van der Waals surface area contributed by atoms with Gasteiger partial charge >= 0.3 is 5.69 Å². The average Bonchev–Trinajstić information content (AvgIpc) is 2.59. The van der Waals surface area contributed by atoms with Crippen molar-refractivity contribution in [2.45, 2.75) is 0 Å². The third-order valence-corrected chi connectivity index (χ3v) is 2.98. The fraction of sp³-hybridized carbons (Fsp3) is 0.214. The van der Waals surface area contributed by atoms with Crippen molar-refractivity contribution in [3.8, 4) is 5.75 Å². The third kappa shape index (κ3) is 4.51. The van der Waals surface area contributed by atoms with Crippen molar-refractivity contribution in [2.24, 2.45) is 0 Å². The van der Waals surface area contributed by atoms with Crippen molar-refractivity contribution in [2.75, 3.05) is 32.1 Å². The zero-order valence-electron chi connectivity index (χ0n) is 13.8. The average molecular weight is 347 g/mol. The van der Waals surface area contributed by atoms with E-state index in [9.17, 15) is 14.9 Å². The van der Waals surface area contributed by atoms with Gasteiger partial charge in [0.15, 0.2) is 0 Å². The molecule has 0 unspecified atom stereocenters. The number of nitro groups is 1. The molecule has 1 aromatic heterocycles. The molecule has 0 saturated carbocycles. The number of anilines is 2. The number of rotatable bonds is 7. The van der Waals surface area contributed by atoms with Gasteiger partial charge in [0.1, 0.15) is 12.1 Å². The Morgan fingerprint density at radius 2 is 1.84 bits per heavy atom. The number of hydrogen-bond donors (Lipinski definition) is 3. The van der Waals surface area contributed by atoms with Gasteiger partial charge in [0, 0.05) is 19.7 Å². The number of nitrogens with zero attached hydrogens (tertiary/aromatic N) is 4. The van der Waals surface area contributed by atoms with Crippen LogP contribution in [0.1, 0.15) is 10.4 Å². The van der Waals surface area contributed by atoms with E-state index in [-0.39, 0.29) is 11.6 Å². The number of carbonyl (C=O) groups is 1. The summed E-state index contributed by atoms with van der Waals surface area (Å²) in [6, 6.07) is 6.37. The number of benzene rings is 1. The number of ether oxygens (including phenoxy) is 1. The quantitative estimate of drug-likeness (QED) is 0.496. The second kappa shape index (κ2) is 7.88. The molecule has 0 aliphatic rings. The fourth-order valence-electron chi connectivity index (χ4n) is 1.87. The van der Waals surface area contributed by atoms with Crippen LogP contribution in [0.4, 0.5) is 17.3 Å². The summed E-state index contributed by atoms with van der Waals surface area (Å²) in [5.41, 5.74) is 7.46. The molecular weight excluding hydrogens is 330 g/mol. The van der Waals surface area contributed by atoms with Gasteiger partial charge in [-0.15, -0.1) is 0 Å². The van der Waals surface area contributed by atoms with E-state index in [1.807, 2.05) is 0 Å². The van der Waals surface area contributed by atoms with Gasteiger partial charge < -0.3 is 4.74 Å². The van der Waals surface area contributed by atoms with Gasteiger partial charge in [0.05, 0.1) is 12.0 Å². The molecule has 1 aromatic carbocycles. The van der Waals surface area contributed by atoms with Crippen molar-refractivity contribution in [1.82, 2.24) is 20.4 Å². The van der Waals surface area contributed by atoms with Crippen molar-refractivity contribution in [3.05, 3.63) is 46.3 Å². The topological polar surface area (TPSA) is 135 Å². The molecule has 11 nitrogen and oxygen atoms in total. The molecule has 2 rings (SSSR count). The lowest BCUT2D eigenvalue weighted by atomic mass is 10.2. The standard InChI is InChI=1S/C14H17N7O4/c1-20(2)19-13-11(21(23)24)12(15-8-16-13)17-18-14(22)9-4-6-10(25-3)7-5-9/h4-8H,1-3H3,(H,18,22)(H2,15,16,17,19). The Morgan fingerprint density at radius 3 is 2.40 bits per heavy atom. The summed E-state index contributed by atoms with van der Waals surface area (Å²) in [7, 11) is 4.83. The van der Waals surface area contributed by atoms with Crippen LogP contribution in [0.2, 0.25) is 0 Å². The summed E-state index contributed by atoms with van der Waals surface area (Å²) < 4.78 is 5.01. The van der Waals surface area contributed by atoms with Crippen LogP contribution < -0.4 is 21.0 Å². The smallest absolute Gasteiger partial charge is 0.356 e. The first-order valence-electron chi connectivity index (χ1n) is 7.06. The SMILES string of the molecule is COc1ccc(C(=O)NNc2ncnc(NN(C)C)c2[N+](=O)[O-])cc1. The highest BCUT2D eigenvalue weighted by molar-refractivity contribution is 5.95. The normalized spacial score (nSPS) is 10.2. The molecule has 132 valence electrons. The van der Waals surface area contributed by atoms with Crippen molar-refractivity contribution in [3.63, 3.8) is 0 Å². The van der Waals surface area contributed by atoms with Gasteiger partial charge in [0.2, 0.25) is 11.6 Å². The van der Waals surface area contributed by atoms with E-state index in [0.29, 0.717) is 11.3 Å². The zero-order valence-corrected chi connectivity index (χ0v) is 13.8. The maximum Gasteiger partial charge on any atom is 0.356 e. The first kappa shape index (κ1) is 17.9. The van der Waals surface area contributed by atoms with Crippen LogP contribution in [0.3, 0.4) is 0 Å². The zero-order chi connectivity index (χ0) is 18.4. The first-order chi connectivity index (χ1) is 11.9. The van der Waals surface area contributed by atoms with E-state index in [1.165, 1.54) is 12.1 Å². The van der Waals surface area contributed by atoms with Gasteiger partial charge in [-0.2, -0.15) is 0 Å². The molecule has 25 heavy (non-hydrogen) atoms. The Bertz CT molecular complexity index is 764. The van der Waals surface area contributed by atoms with Crippen molar-refractivity contribution < 1.29 is 14.5 Å². The Kier molecular flexibility index (Phi) is 5.63. The predicted molar refractivity (Wildman–Crippen MR) is 90.1 cm³/mol. The highest BCUT2D eigenvalue weighted by Crippen LogP contribution is 2.28. The summed E-state index contributed by atoms with van der Waals surface area (Å²) >= 11 is 0. The van der Waals surface area contributed by atoms with Crippen LogP contribution in [0.5, 0.6) is 5.75 Å². The van der Waals surface area contributed by atoms with Gasteiger partial charge in [-0.05, 0) is 24.3 Å². The summed E-state index contributed by atoms with van der Waals surface area (Å²) in [5, 5.41) is 12.8. The number of nitrogens with one attached hydrogen (secondary N) is 3. The second-order valence-electron chi connectivity index (χ2n) is 4.99. The Balaban J connectivity index is 2.16. The maximum atomic E-state index is 12.1. The molecule has 2 aromatic rings. The fourth-order valence-corrected chi connectivity index (χ4v) is 1.87. The highest BCUT2D eigenvalue weighted by Gasteiger charge is 2.23. The number of carbonyl (C=O) groups excluding carboxylic acids is 1. The van der Waals surface area contributed by atoms with E-state index < -0.39 is 16.5 Å². The highest BCUT2D eigenvalue weighted by atomic mass is 16.6. The maximum absolute atomic E-state index is 12.1. The minimum Gasteiger partial charge on any atom is -0.497 e. The van der Waals surface area contributed by atoms with Crippen molar-refractivity contribution in [1.29, 1.82) is 0 Å². The molecule has 0 saturated heterocycles. The Hall–Kier alpha value is -3.47. The van der Waals surface area contributed by atoms with Crippen LogP contribution >= 0.6 is 0 Å². The van der Waals surface area contributed by atoms with E-state index in [0.717, 1.165) is 6.33 Å². The summed E-state index contributed by atoms with van der Waals surface area (Å²) in [5.74, 6) is -0.0366. The minimum atomic E-state index is -0.645. The first-order valence-corrected chi connectivity index (χ1v) is 7.06. The molecule has 0 radical (unpaired) electrons. The number of hydrazine groups is 2. The van der Waals surface area contributed by atoms with Gasteiger partial charge in [-0.25, -0.2) is 15.0 Å². The van der Waals surface area contributed by atoms with Crippen LogP contribution in [-0.4, -0.2) is 47.0 Å². The largest absolute Gasteiger partial charge is 0.497 e. The Labute approximate surface area is 143 Å². The molecule has 0 aliphatic heterocycles. The Morgan fingerprint density at radius 1 is 1.20 bits per heavy atom. The molecule has 0 bridgehead atoms. The van der Waals surface area contributed by atoms with Crippen LogP contribution in [0, 0.1) is 10.1 Å². The van der Waals surface area contributed by atoms with Gasteiger partial charge in [-0.1, -0.05) is 0 Å². The van der Waals surface area contributed by atoms with Crippen molar-refractivity contribution >= 4 is 23.2 Å². The van der Waals surface area contributed by atoms with E-state index in [1.54, 1.807) is 38.4 Å². The number of hydrogen-bond acceptors (Lipinski definition) is 9. The van der Waals surface area contributed by atoms with Crippen LogP contribution in [0.15, 0.2) is 30.6 Å². The predicted octanol–water partition coefficient (Wildman–Crippen LogP) is 1.04. The van der Waals surface area contributed by atoms with E-state index in [4.69, 9.17) is 4.74 Å². The molecule has 0 aliphatic carbocycles. The molecule has 3 N–H and O–H groups in total. The van der Waals surface area contributed by atoms with Crippen LogP contribution in [0.25, 0.3) is 0 Å². The monoisotopic (exact) mass is 347 g/mol. The lowest BCUT2D eigenvalue weighted by molar-refractivity contribution is -0.383. The molecule has 11 heteroatoms. The summed E-state index contributed by atoms with van der Waals surface area (Å²) in [6.07, 6.45) is 1.14. The van der Waals surface area contributed by atoms with E-state index in [2.05, 4.69) is 26.2 Å². The second-order valence-corrected chi connectivity index (χ2v) is 4.99. The summed E-state index contributed by atoms with van der Waals surface area (Å²) in [6.45, 7) is 0. The molecular formula is C14H17N7O4. The third-order valence-electron chi connectivity index (χ3n) is 2.98. The number of aromatic nitrogens is 2. The number of methoxy groups -OCH3 is 1. The van der Waals surface area contributed by atoms with E-state index >= 15 is 0 Å². The molecule has 0 fully saturated rings. The molecule has 1 heterocycles. The molecule has 1 amide bonds. The number of amides is 1. The summed E-state index contributed by atoms with van der Waals surface area (Å²) in [4.78, 5) is 30.4. The van der Waals surface area contributed by atoms with Gasteiger partial charge in [-0.3, -0.25) is 31.2 Å². The lowest BCUT2D eigenvalue weighted by Crippen LogP contribution is -2.30. The molecule has 0 spiro atoms. The van der Waals surface area contributed by atoms with Gasteiger partial charge in [0.25, 0.3) is 5.91 Å². The molecule has 0 atom stereocenters. The lowest BCUT2D eigenvalue weighted by Gasteiger charge is -2.14. The minimum absolute atomic E-state index is 0.00815. The van der Waals surface area contributed by atoms with Crippen LogP contribution in [-0.2, 0) is 0 Å².